The SMILES string of the molecule is CCOc1cc(CNCCCN2CCOCC2)cc(Br)c1OCc1cccc(Cl)c1. The average Bonchev–Trinajstić information content (AvgIpc) is 2.74. The lowest BCUT2D eigenvalue weighted by atomic mass is 10.2. The topological polar surface area (TPSA) is 43.0 Å². The lowest BCUT2D eigenvalue weighted by Crippen LogP contribution is -2.37. The predicted octanol–water partition coefficient (Wildman–Crippen LogP) is 4.89. The molecule has 5 nitrogen and oxygen atoms in total. The number of benzene rings is 2. The Morgan fingerprint density at radius 2 is 1.97 bits per heavy atom. The third-order valence-corrected chi connectivity index (χ3v) is 5.73. The van der Waals surface area contributed by atoms with Gasteiger partial charge in [-0.25, -0.2) is 0 Å². The van der Waals surface area contributed by atoms with Gasteiger partial charge in [-0.05, 0) is 77.8 Å². The minimum Gasteiger partial charge on any atom is -0.490 e. The predicted molar refractivity (Wildman–Crippen MR) is 125 cm³/mol. The second-order valence-corrected chi connectivity index (χ2v) is 8.53. The van der Waals surface area contributed by atoms with Crippen LogP contribution >= 0.6 is 27.5 Å². The Balaban J connectivity index is 1.52. The summed E-state index contributed by atoms with van der Waals surface area (Å²) in [6.07, 6.45) is 1.13. The number of nitrogens with zero attached hydrogens (tertiary/aromatic N) is 1. The standard InChI is InChI=1S/C23H30BrClN2O3/c1-2-29-22-15-19(16-26-7-4-8-27-9-11-28-12-10-27)14-21(24)23(22)30-17-18-5-3-6-20(25)13-18/h3,5-6,13-15,26H,2,4,7-12,16-17H2,1H3. The van der Waals surface area contributed by atoms with Gasteiger partial charge in [0.05, 0.1) is 24.3 Å². The van der Waals surface area contributed by atoms with E-state index in [9.17, 15) is 0 Å². The summed E-state index contributed by atoms with van der Waals surface area (Å²) in [4.78, 5) is 2.46. The Morgan fingerprint density at radius 3 is 2.73 bits per heavy atom. The van der Waals surface area contributed by atoms with Crippen molar-refractivity contribution in [1.82, 2.24) is 10.2 Å². The number of hydrogen-bond acceptors (Lipinski definition) is 5. The minimum absolute atomic E-state index is 0.429. The summed E-state index contributed by atoms with van der Waals surface area (Å²) in [6, 6.07) is 11.8. The minimum atomic E-state index is 0.429. The van der Waals surface area contributed by atoms with Crippen molar-refractivity contribution in [3.8, 4) is 11.5 Å². The Hall–Kier alpha value is -1.31. The molecule has 0 unspecified atom stereocenters. The van der Waals surface area contributed by atoms with Gasteiger partial charge in [-0.2, -0.15) is 0 Å². The fourth-order valence-corrected chi connectivity index (χ4v) is 4.21. The molecular weight excluding hydrogens is 468 g/mol. The quantitative estimate of drug-likeness (QED) is 0.448. The van der Waals surface area contributed by atoms with Crippen LogP contribution in [0.15, 0.2) is 40.9 Å². The first-order valence-corrected chi connectivity index (χ1v) is 11.7. The molecule has 2 aromatic rings. The summed E-state index contributed by atoms with van der Waals surface area (Å²) in [6.45, 7) is 9.66. The summed E-state index contributed by atoms with van der Waals surface area (Å²) < 4.78 is 18.2. The maximum atomic E-state index is 6.07. The van der Waals surface area contributed by atoms with Gasteiger partial charge in [-0.15, -0.1) is 0 Å². The van der Waals surface area contributed by atoms with Gasteiger partial charge in [0.1, 0.15) is 6.61 Å². The van der Waals surface area contributed by atoms with Crippen LogP contribution in [0.4, 0.5) is 0 Å². The first kappa shape index (κ1) is 23.4. The van der Waals surface area contributed by atoms with Crippen molar-refractivity contribution >= 4 is 27.5 Å². The number of halogens is 2. The zero-order valence-electron chi connectivity index (χ0n) is 17.5. The molecule has 0 aromatic heterocycles. The molecule has 0 radical (unpaired) electrons. The van der Waals surface area contributed by atoms with Crippen LogP contribution in [-0.2, 0) is 17.9 Å². The van der Waals surface area contributed by atoms with Crippen LogP contribution in [0.3, 0.4) is 0 Å². The van der Waals surface area contributed by atoms with Crippen molar-refractivity contribution in [2.24, 2.45) is 0 Å². The van der Waals surface area contributed by atoms with E-state index in [0.29, 0.717) is 24.0 Å². The maximum absolute atomic E-state index is 6.07. The number of ether oxygens (including phenoxy) is 3. The maximum Gasteiger partial charge on any atom is 0.175 e. The zero-order chi connectivity index (χ0) is 21.2. The van der Waals surface area contributed by atoms with E-state index in [1.165, 1.54) is 0 Å². The van der Waals surface area contributed by atoms with Crippen molar-refractivity contribution in [2.75, 3.05) is 46.0 Å². The van der Waals surface area contributed by atoms with Gasteiger partial charge in [0, 0.05) is 24.7 Å². The van der Waals surface area contributed by atoms with Crippen molar-refractivity contribution in [2.45, 2.75) is 26.5 Å². The molecule has 1 fully saturated rings. The van der Waals surface area contributed by atoms with Gasteiger partial charge in [0.15, 0.2) is 11.5 Å². The zero-order valence-corrected chi connectivity index (χ0v) is 19.8. The van der Waals surface area contributed by atoms with Crippen molar-refractivity contribution in [3.63, 3.8) is 0 Å². The van der Waals surface area contributed by atoms with Gasteiger partial charge in [0.25, 0.3) is 0 Å². The second-order valence-electron chi connectivity index (χ2n) is 7.24. The normalized spacial score (nSPS) is 14.6. The molecule has 7 heteroatoms. The van der Waals surface area contributed by atoms with Crippen LogP contribution in [0.2, 0.25) is 5.02 Å². The number of rotatable bonds is 11. The fraction of sp³-hybridized carbons (Fsp3) is 0.478. The van der Waals surface area contributed by atoms with Crippen LogP contribution in [-0.4, -0.2) is 50.9 Å². The molecule has 1 saturated heterocycles. The molecule has 3 rings (SSSR count). The molecule has 164 valence electrons. The number of nitrogens with one attached hydrogen (secondary N) is 1. The van der Waals surface area contributed by atoms with E-state index in [1.807, 2.05) is 31.2 Å². The van der Waals surface area contributed by atoms with Gasteiger partial charge in [-0.3, -0.25) is 4.90 Å². The van der Waals surface area contributed by atoms with E-state index >= 15 is 0 Å². The first-order valence-electron chi connectivity index (χ1n) is 10.5. The average molecular weight is 498 g/mol. The monoisotopic (exact) mass is 496 g/mol. The Labute approximate surface area is 192 Å². The van der Waals surface area contributed by atoms with Gasteiger partial charge in [-0.1, -0.05) is 23.7 Å². The van der Waals surface area contributed by atoms with Crippen molar-refractivity contribution in [1.29, 1.82) is 0 Å². The van der Waals surface area contributed by atoms with Gasteiger partial charge >= 0.3 is 0 Å². The molecule has 0 bridgehead atoms. The number of morpholine rings is 1. The van der Waals surface area contributed by atoms with E-state index in [4.69, 9.17) is 25.8 Å². The molecule has 1 aliphatic rings. The summed E-state index contributed by atoms with van der Waals surface area (Å²) in [7, 11) is 0. The van der Waals surface area contributed by atoms with Crippen molar-refractivity contribution < 1.29 is 14.2 Å². The highest BCUT2D eigenvalue weighted by atomic mass is 79.9. The van der Waals surface area contributed by atoms with E-state index in [1.54, 1.807) is 0 Å². The Morgan fingerprint density at radius 1 is 1.13 bits per heavy atom. The smallest absolute Gasteiger partial charge is 0.175 e. The Bertz CT molecular complexity index is 800. The second kappa shape index (κ2) is 12.5. The van der Waals surface area contributed by atoms with Crippen LogP contribution in [0.25, 0.3) is 0 Å². The van der Waals surface area contributed by atoms with Crippen LogP contribution in [0, 0.1) is 0 Å². The Kier molecular flexibility index (Phi) is 9.75. The molecule has 0 atom stereocenters. The molecule has 0 saturated carbocycles. The molecule has 30 heavy (non-hydrogen) atoms. The molecule has 1 heterocycles. The molecule has 1 N–H and O–H groups in total. The number of hydrogen-bond donors (Lipinski definition) is 1. The fourth-order valence-electron chi connectivity index (χ4n) is 3.39. The summed E-state index contributed by atoms with van der Waals surface area (Å²) in [5.41, 5.74) is 2.18. The van der Waals surface area contributed by atoms with Crippen LogP contribution in [0.5, 0.6) is 11.5 Å². The lowest BCUT2D eigenvalue weighted by molar-refractivity contribution is 0.0374. The molecular formula is C23H30BrClN2O3. The highest BCUT2D eigenvalue weighted by molar-refractivity contribution is 9.10. The van der Waals surface area contributed by atoms with Gasteiger partial charge in [0.2, 0.25) is 0 Å². The van der Waals surface area contributed by atoms with E-state index in [0.717, 1.165) is 73.7 Å². The highest BCUT2D eigenvalue weighted by Gasteiger charge is 2.13. The van der Waals surface area contributed by atoms with Gasteiger partial charge < -0.3 is 19.5 Å². The summed E-state index contributed by atoms with van der Waals surface area (Å²) in [5.74, 6) is 1.46. The summed E-state index contributed by atoms with van der Waals surface area (Å²) >= 11 is 9.72. The highest BCUT2D eigenvalue weighted by Crippen LogP contribution is 2.37. The van der Waals surface area contributed by atoms with E-state index in [2.05, 4.69) is 38.3 Å². The van der Waals surface area contributed by atoms with E-state index < -0.39 is 0 Å². The lowest BCUT2D eigenvalue weighted by Gasteiger charge is -2.26. The van der Waals surface area contributed by atoms with Crippen molar-refractivity contribution in [3.05, 3.63) is 57.0 Å². The third kappa shape index (κ3) is 7.43. The third-order valence-electron chi connectivity index (χ3n) is 4.90. The molecule has 0 spiro atoms. The molecule has 0 aliphatic carbocycles. The molecule has 2 aromatic carbocycles. The van der Waals surface area contributed by atoms with E-state index in [-0.39, 0.29) is 0 Å². The largest absolute Gasteiger partial charge is 0.490 e. The molecule has 1 aliphatic heterocycles. The first-order chi connectivity index (χ1) is 14.7. The molecule has 0 amide bonds. The summed E-state index contributed by atoms with van der Waals surface area (Å²) in [5, 5.41) is 4.24. The van der Waals surface area contributed by atoms with Crippen LogP contribution in [0.1, 0.15) is 24.5 Å². The van der Waals surface area contributed by atoms with Crippen LogP contribution < -0.4 is 14.8 Å².